The van der Waals surface area contributed by atoms with Gasteiger partial charge in [0.2, 0.25) is 5.82 Å². The van der Waals surface area contributed by atoms with E-state index in [-0.39, 0.29) is 5.13 Å². The Labute approximate surface area is 115 Å². The van der Waals surface area contributed by atoms with Crippen LogP contribution in [0, 0.1) is 28.7 Å². The van der Waals surface area contributed by atoms with Gasteiger partial charge in [-0.15, -0.1) is 11.3 Å². The van der Waals surface area contributed by atoms with E-state index in [2.05, 4.69) is 10.3 Å². The van der Waals surface area contributed by atoms with Crippen LogP contribution in [-0.4, -0.2) is 15.8 Å². The smallest absolute Gasteiger partial charge is 0.298 e. The molecule has 0 aliphatic rings. The normalized spacial score (nSPS) is 10.3. The lowest BCUT2D eigenvalue weighted by molar-refractivity contribution is -0.387. The van der Waals surface area contributed by atoms with Gasteiger partial charge >= 0.3 is 5.69 Å². The zero-order valence-electron chi connectivity index (χ0n) is 10.0. The summed E-state index contributed by atoms with van der Waals surface area (Å²) in [6.45, 7) is 1.69. The van der Waals surface area contributed by atoms with Crippen molar-refractivity contribution in [2.24, 2.45) is 0 Å². The van der Waals surface area contributed by atoms with Crippen LogP contribution in [0.3, 0.4) is 0 Å². The van der Waals surface area contributed by atoms with E-state index in [1.165, 1.54) is 0 Å². The van der Waals surface area contributed by atoms with E-state index in [4.69, 9.17) is 0 Å². The first-order valence-corrected chi connectivity index (χ1v) is 6.13. The average molecular weight is 299 g/mol. The molecule has 0 fully saturated rings. The Morgan fingerprint density at radius 2 is 2.15 bits per heavy atom. The fourth-order valence-electron chi connectivity index (χ4n) is 1.50. The van der Waals surface area contributed by atoms with Crippen LogP contribution in [0.5, 0.6) is 0 Å². The van der Waals surface area contributed by atoms with E-state index in [1.54, 1.807) is 12.3 Å². The summed E-state index contributed by atoms with van der Waals surface area (Å²) in [4.78, 5) is 25.5. The highest BCUT2D eigenvalue weighted by Crippen LogP contribution is 2.25. The van der Waals surface area contributed by atoms with Crippen molar-refractivity contribution < 1.29 is 18.5 Å². The molecule has 0 bridgehead atoms. The summed E-state index contributed by atoms with van der Waals surface area (Å²) >= 11 is 1.09. The van der Waals surface area contributed by atoms with E-state index >= 15 is 0 Å². The number of halogens is 2. The zero-order valence-corrected chi connectivity index (χ0v) is 10.8. The molecular weight excluding hydrogens is 292 g/mol. The van der Waals surface area contributed by atoms with Crippen LogP contribution in [0.4, 0.5) is 19.6 Å². The van der Waals surface area contributed by atoms with Crippen molar-refractivity contribution in [3.8, 4) is 0 Å². The summed E-state index contributed by atoms with van der Waals surface area (Å²) in [7, 11) is 0. The van der Waals surface area contributed by atoms with Crippen LogP contribution in [0.15, 0.2) is 17.5 Å². The third-order valence-electron chi connectivity index (χ3n) is 2.29. The minimum atomic E-state index is -1.41. The lowest BCUT2D eigenvalue weighted by Gasteiger charge is -2.04. The maximum Gasteiger partial charge on any atom is 0.317 e. The van der Waals surface area contributed by atoms with E-state index in [1.807, 2.05) is 0 Å². The van der Waals surface area contributed by atoms with Gasteiger partial charge in [-0.2, -0.15) is 4.39 Å². The lowest BCUT2D eigenvalue weighted by Crippen LogP contribution is -2.15. The molecule has 0 spiro atoms. The van der Waals surface area contributed by atoms with Gasteiger partial charge in [-0.05, 0) is 13.0 Å². The Morgan fingerprint density at radius 3 is 2.70 bits per heavy atom. The van der Waals surface area contributed by atoms with Crippen LogP contribution in [0.2, 0.25) is 0 Å². The SMILES string of the molecule is Cc1csc(NC(=O)c2cc(F)cc(F)c2[N+](=O)[O-])n1. The first-order chi connectivity index (χ1) is 9.38. The van der Waals surface area contributed by atoms with Crippen molar-refractivity contribution in [1.82, 2.24) is 4.98 Å². The van der Waals surface area contributed by atoms with E-state index in [0.29, 0.717) is 17.8 Å². The van der Waals surface area contributed by atoms with Crippen LogP contribution in [0.1, 0.15) is 16.1 Å². The Kier molecular flexibility index (Phi) is 3.70. The predicted molar refractivity (Wildman–Crippen MR) is 67.8 cm³/mol. The fourth-order valence-corrected chi connectivity index (χ4v) is 2.18. The molecule has 0 atom stereocenters. The molecule has 1 aromatic heterocycles. The molecule has 1 heterocycles. The molecule has 0 aliphatic heterocycles. The Morgan fingerprint density at radius 1 is 1.45 bits per heavy atom. The van der Waals surface area contributed by atoms with Crippen LogP contribution >= 0.6 is 11.3 Å². The molecule has 20 heavy (non-hydrogen) atoms. The van der Waals surface area contributed by atoms with Crippen LogP contribution in [0.25, 0.3) is 0 Å². The topological polar surface area (TPSA) is 85.1 Å². The van der Waals surface area contributed by atoms with Crippen molar-refractivity contribution in [3.63, 3.8) is 0 Å². The number of aryl methyl sites for hydroxylation is 1. The highest BCUT2D eigenvalue weighted by molar-refractivity contribution is 7.13. The van der Waals surface area contributed by atoms with Gasteiger partial charge in [-0.25, -0.2) is 9.37 Å². The maximum atomic E-state index is 13.4. The molecule has 2 rings (SSSR count). The summed E-state index contributed by atoms with van der Waals surface area (Å²) in [6, 6.07) is 0.958. The number of aromatic nitrogens is 1. The van der Waals surface area contributed by atoms with Crippen LogP contribution in [-0.2, 0) is 0 Å². The van der Waals surface area contributed by atoms with Crippen molar-refractivity contribution >= 4 is 28.1 Å². The minimum Gasteiger partial charge on any atom is -0.298 e. The molecule has 6 nitrogen and oxygen atoms in total. The molecule has 0 aliphatic carbocycles. The van der Waals surface area contributed by atoms with Crippen molar-refractivity contribution in [2.75, 3.05) is 5.32 Å². The molecule has 1 aromatic carbocycles. The van der Waals surface area contributed by atoms with E-state index in [9.17, 15) is 23.7 Å². The molecule has 0 saturated carbocycles. The highest BCUT2D eigenvalue weighted by Gasteiger charge is 2.27. The van der Waals surface area contributed by atoms with Gasteiger partial charge in [0.1, 0.15) is 11.4 Å². The number of carbonyl (C=O) groups is 1. The number of amides is 1. The summed E-state index contributed by atoms with van der Waals surface area (Å²) < 4.78 is 26.5. The third-order valence-corrected chi connectivity index (χ3v) is 3.17. The summed E-state index contributed by atoms with van der Waals surface area (Å²) in [6.07, 6.45) is 0. The number of hydrogen-bond donors (Lipinski definition) is 1. The number of thiazole rings is 1. The molecule has 9 heteroatoms. The lowest BCUT2D eigenvalue weighted by atomic mass is 10.1. The maximum absolute atomic E-state index is 13.4. The molecule has 0 radical (unpaired) electrons. The number of nitro groups is 1. The predicted octanol–water partition coefficient (Wildman–Crippen LogP) is 2.89. The largest absolute Gasteiger partial charge is 0.317 e. The number of hydrogen-bond acceptors (Lipinski definition) is 5. The minimum absolute atomic E-state index is 0.187. The Bertz CT molecular complexity index is 702. The average Bonchev–Trinajstić information content (AvgIpc) is 2.72. The second-order valence-electron chi connectivity index (χ2n) is 3.79. The zero-order chi connectivity index (χ0) is 14.9. The molecule has 2 aromatic rings. The monoisotopic (exact) mass is 299 g/mol. The number of nitrogens with zero attached hydrogens (tertiary/aromatic N) is 2. The van der Waals surface area contributed by atoms with Gasteiger partial charge in [0.25, 0.3) is 5.91 Å². The number of rotatable bonds is 3. The van der Waals surface area contributed by atoms with Crippen LogP contribution < -0.4 is 5.32 Å². The first-order valence-electron chi connectivity index (χ1n) is 5.25. The van der Waals surface area contributed by atoms with Gasteiger partial charge < -0.3 is 0 Å². The van der Waals surface area contributed by atoms with E-state index in [0.717, 1.165) is 11.3 Å². The van der Waals surface area contributed by atoms with Crippen molar-refractivity contribution in [1.29, 1.82) is 0 Å². The Balaban J connectivity index is 2.41. The van der Waals surface area contributed by atoms with Crippen molar-refractivity contribution in [3.05, 3.63) is 50.5 Å². The fraction of sp³-hybridized carbons (Fsp3) is 0.0909. The van der Waals surface area contributed by atoms with Gasteiger partial charge in [0, 0.05) is 11.4 Å². The quantitative estimate of drug-likeness (QED) is 0.697. The summed E-state index contributed by atoms with van der Waals surface area (Å²) in [5.74, 6) is -3.48. The summed E-state index contributed by atoms with van der Waals surface area (Å²) in [5.41, 5.74) is -1.12. The molecule has 0 saturated heterocycles. The standard InChI is InChI=1S/C11H7F2N3O3S/c1-5-4-20-11(14-5)15-10(17)7-2-6(12)3-8(13)9(7)16(18)19/h2-4H,1H3,(H,14,15,17). The highest BCUT2D eigenvalue weighted by atomic mass is 32.1. The molecule has 104 valence electrons. The first kappa shape index (κ1) is 14.0. The molecule has 0 unspecified atom stereocenters. The molecular formula is C11H7F2N3O3S. The number of benzene rings is 1. The molecule has 1 N–H and O–H groups in total. The second-order valence-corrected chi connectivity index (χ2v) is 4.65. The third kappa shape index (κ3) is 2.77. The number of nitro benzene ring substituents is 1. The van der Waals surface area contributed by atoms with Gasteiger partial charge in [-0.1, -0.05) is 0 Å². The second kappa shape index (κ2) is 5.29. The van der Waals surface area contributed by atoms with Crippen molar-refractivity contribution in [2.45, 2.75) is 6.92 Å². The molecule has 1 amide bonds. The van der Waals surface area contributed by atoms with Gasteiger partial charge in [-0.3, -0.25) is 20.2 Å². The number of nitrogens with one attached hydrogen (secondary N) is 1. The van der Waals surface area contributed by atoms with Gasteiger partial charge in [0.05, 0.1) is 10.6 Å². The number of carbonyl (C=O) groups excluding carboxylic acids is 1. The van der Waals surface area contributed by atoms with Gasteiger partial charge in [0.15, 0.2) is 5.13 Å². The number of anilines is 1. The van der Waals surface area contributed by atoms with E-state index < -0.39 is 33.7 Å². The Hall–Kier alpha value is -2.42. The summed E-state index contributed by atoms with van der Waals surface area (Å²) in [5, 5.41) is 14.9.